The van der Waals surface area contributed by atoms with Gasteiger partial charge >= 0.3 is 0 Å². The second-order valence-electron chi connectivity index (χ2n) is 11.8. The predicted octanol–water partition coefficient (Wildman–Crippen LogP) is 5.55. The number of hydrogen-bond donors (Lipinski definition) is 0. The highest BCUT2D eigenvalue weighted by molar-refractivity contribution is 5.81. The molecule has 8 heteroatoms. The van der Waals surface area contributed by atoms with Crippen LogP contribution in [0.25, 0.3) is 5.69 Å². The van der Waals surface area contributed by atoms with E-state index < -0.39 is 11.6 Å². The summed E-state index contributed by atoms with van der Waals surface area (Å²) in [6.07, 6.45) is 1.61. The zero-order valence-electron chi connectivity index (χ0n) is 23.0. The number of nitriles is 1. The van der Waals surface area contributed by atoms with Crippen LogP contribution in [0.15, 0.2) is 48.5 Å². The minimum atomic E-state index is -0.609. The van der Waals surface area contributed by atoms with E-state index in [0.717, 1.165) is 36.0 Å². The zero-order chi connectivity index (χ0) is 27.9. The van der Waals surface area contributed by atoms with E-state index in [0.29, 0.717) is 37.3 Å². The molecule has 39 heavy (non-hydrogen) atoms. The van der Waals surface area contributed by atoms with Gasteiger partial charge in [-0.05, 0) is 82.5 Å². The topological polar surface area (TPSA) is 65.2 Å². The number of aromatic nitrogens is 2. The maximum absolute atomic E-state index is 14.9. The van der Waals surface area contributed by atoms with Crippen LogP contribution in [0.3, 0.4) is 0 Å². The molecule has 0 spiro atoms. The largest absolute Gasteiger partial charge is 0.342 e. The molecule has 2 unspecified atom stereocenters. The van der Waals surface area contributed by atoms with Crippen molar-refractivity contribution < 1.29 is 13.6 Å². The van der Waals surface area contributed by atoms with Crippen LogP contribution in [0.4, 0.5) is 8.78 Å². The van der Waals surface area contributed by atoms with Crippen LogP contribution in [0.2, 0.25) is 0 Å². The van der Waals surface area contributed by atoms with E-state index in [2.05, 4.69) is 37.8 Å². The van der Waals surface area contributed by atoms with Gasteiger partial charge in [0.2, 0.25) is 5.91 Å². The number of halogens is 2. The number of amides is 1. The first-order chi connectivity index (χ1) is 18.5. The summed E-state index contributed by atoms with van der Waals surface area (Å²) >= 11 is 0. The number of rotatable bonds is 4. The second-order valence-corrected chi connectivity index (χ2v) is 11.8. The summed E-state index contributed by atoms with van der Waals surface area (Å²) in [7, 11) is 0. The maximum atomic E-state index is 14.9. The lowest BCUT2D eigenvalue weighted by atomic mass is 9.86. The van der Waals surface area contributed by atoms with Gasteiger partial charge in [0, 0.05) is 55.3 Å². The molecule has 1 amide bonds. The highest BCUT2D eigenvalue weighted by Gasteiger charge is 2.44. The minimum absolute atomic E-state index is 0.0469. The number of carbonyl (C=O) groups is 1. The number of piperidine rings is 1. The van der Waals surface area contributed by atoms with Gasteiger partial charge in [0.25, 0.3) is 0 Å². The lowest BCUT2D eigenvalue weighted by Gasteiger charge is -2.35. The van der Waals surface area contributed by atoms with Crippen LogP contribution in [0.1, 0.15) is 68.0 Å². The van der Waals surface area contributed by atoms with Gasteiger partial charge in [0.05, 0.1) is 28.9 Å². The quantitative estimate of drug-likeness (QED) is 0.443. The summed E-state index contributed by atoms with van der Waals surface area (Å²) in [6.45, 7) is 10.6. The molecule has 2 fully saturated rings. The van der Waals surface area contributed by atoms with Crippen molar-refractivity contribution in [2.45, 2.75) is 57.9 Å². The third kappa shape index (κ3) is 5.46. The lowest BCUT2D eigenvalue weighted by Crippen LogP contribution is -2.44. The number of aryl methyl sites for hydroxylation is 1. The Morgan fingerprint density at radius 2 is 1.72 bits per heavy atom. The molecule has 2 aromatic carbocycles. The van der Waals surface area contributed by atoms with Crippen LogP contribution < -0.4 is 0 Å². The molecular weight excluding hydrogens is 496 g/mol. The van der Waals surface area contributed by atoms with E-state index in [1.807, 2.05) is 28.6 Å². The standard InChI is InChI=1S/C31H35F2N5O/c1-20-15-29(38(35-20)24-8-5-21(17-34)6-9-24)22-11-13-36(14-12-22)30(39)27-19-37(31(2,3)4)18-26(27)25-10-7-23(32)16-28(25)33/h5-10,15-16,22,26-27H,11-14,18-19H2,1-4H3. The molecule has 204 valence electrons. The number of likely N-dealkylation sites (tertiary alicyclic amines) is 2. The Kier molecular flexibility index (Phi) is 7.30. The fraction of sp³-hybridized carbons (Fsp3) is 0.452. The van der Waals surface area contributed by atoms with E-state index in [-0.39, 0.29) is 29.2 Å². The molecule has 2 saturated heterocycles. The Bertz CT molecular complexity index is 1390. The summed E-state index contributed by atoms with van der Waals surface area (Å²) < 4.78 is 30.5. The Morgan fingerprint density at radius 3 is 2.33 bits per heavy atom. The van der Waals surface area contributed by atoms with Crippen molar-refractivity contribution in [3.8, 4) is 11.8 Å². The van der Waals surface area contributed by atoms with Crippen LogP contribution >= 0.6 is 0 Å². The van der Waals surface area contributed by atoms with Gasteiger partial charge in [-0.15, -0.1) is 0 Å². The first-order valence-electron chi connectivity index (χ1n) is 13.6. The van der Waals surface area contributed by atoms with Crippen molar-refractivity contribution in [3.05, 3.63) is 82.7 Å². The van der Waals surface area contributed by atoms with Crippen molar-refractivity contribution in [3.63, 3.8) is 0 Å². The highest BCUT2D eigenvalue weighted by atomic mass is 19.1. The van der Waals surface area contributed by atoms with Crippen molar-refractivity contribution in [2.75, 3.05) is 26.2 Å². The van der Waals surface area contributed by atoms with E-state index in [1.54, 1.807) is 12.1 Å². The zero-order valence-corrected chi connectivity index (χ0v) is 23.0. The molecule has 3 heterocycles. The molecule has 2 aliphatic rings. The average Bonchev–Trinajstić information content (AvgIpc) is 3.53. The Balaban J connectivity index is 1.33. The summed E-state index contributed by atoms with van der Waals surface area (Å²) in [6, 6.07) is 15.3. The van der Waals surface area contributed by atoms with E-state index >= 15 is 0 Å². The molecule has 6 nitrogen and oxygen atoms in total. The maximum Gasteiger partial charge on any atom is 0.227 e. The molecule has 0 aliphatic carbocycles. The molecule has 2 atom stereocenters. The van der Waals surface area contributed by atoms with E-state index in [9.17, 15) is 13.6 Å². The predicted molar refractivity (Wildman–Crippen MR) is 145 cm³/mol. The molecule has 0 saturated carbocycles. The van der Waals surface area contributed by atoms with Crippen LogP contribution in [0.5, 0.6) is 0 Å². The third-order valence-electron chi connectivity index (χ3n) is 8.27. The van der Waals surface area contributed by atoms with Crippen molar-refractivity contribution >= 4 is 5.91 Å². The van der Waals surface area contributed by atoms with Gasteiger partial charge in [-0.25, -0.2) is 13.5 Å². The monoisotopic (exact) mass is 531 g/mol. The van der Waals surface area contributed by atoms with Crippen LogP contribution in [-0.4, -0.2) is 57.2 Å². The summed E-state index contributed by atoms with van der Waals surface area (Å²) in [5, 5.41) is 13.8. The van der Waals surface area contributed by atoms with E-state index in [1.165, 1.54) is 12.1 Å². The molecule has 0 bridgehead atoms. The number of benzene rings is 2. The normalized spacial score (nSPS) is 20.8. The molecule has 5 rings (SSSR count). The van der Waals surface area contributed by atoms with Crippen molar-refractivity contribution in [2.24, 2.45) is 5.92 Å². The molecular formula is C31H35F2N5O. The first-order valence-corrected chi connectivity index (χ1v) is 13.6. The number of hydrogen-bond acceptors (Lipinski definition) is 4. The van der Waals surface area contributed by atoms with Gasteiger partial charge in [0.1, 0.15) is 11.6 Å². The molecule has 3 aromatic rings. The van der Waals surface area contributed by atoms with Gasteiger partial charge in [-0.2, -0.15) is 10.4 Å². The van der Waals surface area contributed by atoms with E-state index in [4.69, 9.17) is 10.4 Å². The summed E-state index contributed by atoms with van der Waals surface area (Å²) in [5.41, 5.74) is 3.79. The highest BCUT2D eigenvalue weighted by Crippen LogP contribution is 2.39. The second kappa shape index (κ2) is 10.5. The first kappa shape index (κ1) is 27.0. The molecule has 2 aliphatic heterocycles. The van der Waals surface area contributed by atoms with Gasteiger partial charge in [-0.3, -0.25) is 9.69 Å². The summed E-state index contributed by atoms with van der Waals surface area (Å²) in [5.74, 6) is -1.61. The van der Waals surface area contributed by atoms with Crippen molar-refractivity contribution in [1.29, 1.82) is 5.26 Å². The smallest absolute Gasteiger partial charge is 0.227 e. The Hall–Kier alpha value is -3.57. The molecule has 1 aromatic heterocycles. The fourth-order valence-corrected chi connectivity index (χ4v) is 6.04. The SMILES string of the molecule is Cc1cc(C2CCN(C(=O)C3CN(C(C)(C)C)CC3c3ccc(F)cc3F)CC2)n(-c2ccc(C#N)cc2)n1. The Morgan fingerprint density at radius 1 is 1.03 bits per heavy atom. The van der Waals surface area contributed by atoms with Gasteiger partial charge in [0.15, 0.2) is 0 Å². The summed E-state index contributed by atoms with van der Waals surface area (Å²) in [4.78, 5) is 18.0. The number of nitrogens with zero attached hydrogens (tertiary/aromatic N) is 5. The van der Waals surface area contributed by atoms with Crippen LogP contribution in [-0.2, 0) is 4.79 Å². The molecule has 0 radical (unpaired) electrons. The minimum Gasteiger partial charge on any atom is -0.342 e. The lowest BCUT2D eigenvalue weighted by molar-refractivity contribution is -0.136. The van der Waals surface area contributed by atoms with Gasteiger partial charge in [-0.1, -0.05) is 6.07 Å². The van der Waals surface area contributed by atoms with Crippen LogP contribution in [0, 0.1) is 35.8 Å². The molecule has 0 N–H and O–H groups in total. The van der Waals surface area contributed by atoms with Gasteiger partial charge < -0.3 is 4.90 Å². The third-order valence-corrected chi connectivity index (χ3v) is 8.27. The Labute approximate surface area is 228 Å². The number of carbonyl (C=O) groups excluding carboxylic acids is 1. The van der Waals surface area contributed by atoms with Crippen molar-refractivity contribution in [1.82, 2.24) is 19.6 Å². The average molecular weight is 532 g/mol. The fourth-order valence-electron chi connectivity index (χ4n) is 6.04.